The number of hydrogen-bond donors (Lipinski definition) is 1. The summed E-state index contributed by atoms with van der Waals surface area (Å²) in [6.45, 7) is 8.07. The molecule has 1 radical (unpaired) electrons. The maximum absolute atomic E-state index is 11.7. The van der Waals surface area contributed by atoms with Crippen LogP contribution in [0.2, 0.25) is 0 Å². The molecule has 49 heavy (non-hydrogen) atoms. The van der Waals surface area contributed by atoms with Crippen molar-refractivity contribution in [2.24, 2.45) is 11.8 Å². The topological polar surface area (TPSA) is 63.1 Å². The van der Waals surface area contributed by atoms with Crippen molar-refractivity contribution < 1.29 is 30.0 Å². The Balaban J connectivity index is 0.000000252. The van der Waals surface area contributed by atoms with Gasteiger partial charge in [0.25, 0.3) is 0 Å². The van der Waals surface area contributed by atoms with Crippen molar-refractivity contribution in [1.82, 2.24) is 9.97 Å². The smallest absolute Gasteiger partial charge is 0.162 e. The second-order valence-electron chi connectivity index (χ2n) is 12.3. The summed E-state index contributed by atoms with van der Waals surface area (Å²) in [5.41, 5.74) is 11.3. The molecular weight excluding hydrogens is 801 g/mol. The average Bonchev–Trinajstić information content (AvgIpc) is 3.58. The number of aliphatic hydroxyl groups excluding tert-OH is 1. The molecule has 1 aliphatic heterocycles. The number of carbonyl (C=O) groups excluding carboxylic acids is 1. The summed E-state index contributed by atoms with van der Waals surface area (Å²) in [4.78, 5) is 22.1. The van der Waals surface area contributed by atoms with E-state index in [4.69, 9.17) is 0 Å². The third kappa shape index (κ3) is 7.99. The van der Waals surface area contributed by atoms with Gasteiger partial charge >= 0.3 is 0 Å². The van der Waals surface area contributed by atoms with Crippen LogP contribution < -0.4 is 0 Å². The molecule has 0 aliphatic carbocycles. The fourth-order valence-electron chi connectivity index (χ4n) is 6.36. The Hall–Kier alpha value is -4.22. The molecule has 0 saturated carbocycles. The van der Waals surface area contributed by atoms with Gasteiger partial charge in [-0.2, -0.15) is 0 Å². The Morgan fingerprint density at radius 1 is 0.714 bits per heavy atom. The molecule has 10 bridgehead atoms. The van der Waals surface area contributed by atoms with Crippen molar-refractivity contribution in [3.05, 3.63) is 121 Å². The van der Waals surface area contributed by atoms with E-state index < -0.39 is 0 Å². The van der Waals surface area contributed by atoms with Gasteiger partial charge in [0.15, 0.2) is 5.78 Å². The van der Waals surface area contributed by atoms with Crippen LogP contribution in [0.3, 0.4) is 0 Å². The molecule has 6 aromatic rings. The number of nitrogens with zero attached hydrogens (tertiary/aromatic N) is 2. The summed E-state index contributed by atoms with van der Waals surface area (Å²) in [5, 5.41) is 9.76. The van der Waals surface area contributed by atoms with Gasteiger partial charge in [-0.25, -0.2) is 4.98 Å². The molecule has 2 aromatic heterocycles. The van der Waals surface area contributed by atoms with E-state index >= 15 is 0 Å². The van der Waals surface area contributed by atoms with Crippen molar-refractivity contribution in [2.75, 3.05) is 0 Å². The summed E-state index contributed by atoms with van der Waals surface area (Å²) < 4.78 is 1.09. The van der Waals surface area contributed by atoms with Crippen molar-refractivity contribution in [1.29, 1.82) is 0 Å². The number of carbonyl (C=O) groups is 1. The molecule has 3 heterocycles. The van der Waals surface area contributed by atoms with Gasteiger partial charge in [0.1, 0.15) is 6.33 Å². The van der Waals surface area contributed by atoms with Crippen LogP contribution >= 0.6 is 11.3 Å². The minimum atomic E-state index is 0. The van der Waals surface area contributed by atoms with Crippen LogP contribution in [0, 0.1) is 17.9 Å². The van der Waals surface area contributed by atoms with E-state index in [1.807, 2.05) is 33.8 Å². The first kappa shape index (κ1) is 36.1. The number of benzene rings is 4. The Kier molecular flexibility index (Phi) is 12.1. The number of rotatable bonds is 7. The van der Waals surface area contributed by atoms with Crippen molar-refractivity contribution >= 4 is 27.3 Å². The molecule has 7 rings (SSSR count). The van der Waals surface area contributed by atoms with Crippen molar-refractivity contribution in [3.63, 3.8) is 0 Å². The van der Waals surface area contributed by atoms with Gasteiger partial charge in [-0.05, 0) is 83.3 Å². The SMILES string of the molecule is CCC(CC)C(=O)/C=C(\O)C(CC)CC.[Ir].[c-]1ccc2cc1-c1ncnc3cc(sc13)-c1cccc(c1)-c1cccc(c1)-c1cccc-2c1. The number of ketones is 1. The van der Waals surface area contributed by atoms with Gasteiger partial charge in [-0.1, -0.05) is 82.3 Å². The van der Waals surface area contributed by atoms with Crippen LogP contribution in [0.15, 0.2) is 115 Å². The van der Waals surface area contributed by atoms with Crippen LogP contribution in [-0.4, -0.2) is 20.9 Å². The normalized spacial score (nSPS) is 11.7. The Bertz CT molecular complexity index is 2090. The van der Waals surface area contributed by atoms with E-state index in [1.165, 1.54) is 44.3 Å². The van der Waals surface area contributed by atoms with Gasteiger partial charge in [0, 0.05) is 53.3 Å². The monoisotopic (exact) mass is 842 g/mol. The molecule has 0 unspecified atom stereocenters. The average molecular weight is 842 g/mol. The third-order valence-electron chi connectivity index (χ3n) is 9.32. The molecular formula is C43H41IrN2O2S-. The number of aromatic nitrogens is 2. The van der Waals surface area contributed by atoms with Crippen molar-refractivity contribution in [2.45, 2.75) is 53.4 Å². The Morgan fingerprint density at radius 2 is 1.22 bits per heavy atom. The molecule has 0 saturated heterocycles. The number of aliphatic hydroxyl groups is 1. The van der Waals surface area contributed by atoms with Crippen LogP contribution in [0.5, 0.6) is 0 Å². The molecule has 4 nitrogen and oxygen atoms in total. The second-order valence-corrected chi connectivity index (χ2v) is 13.3. The van der Waals surface area contributed by atoms with E-state index in [1.54, 1.807) is 17.7 Å². The van der Waals surface area contributed by atoms with Crippen molar-refractivity contribution in [3.8, 4) is 55.1 Å². The summed E-state index contributed by atoms with van der Waals surface area (Å²) in [5.74, 6) is 0.547. The maximum Gasteiger partial charge on any atom is 0.162 e. The predicted molar refractivity (Wildman–Crippen MR) is 201 cm³/mol. The number of hydrogen-bond acceptors (Lipinski definition) is 5. The van der Waals surface area contributed by atoms with Crippen LogP contribution in [0.25, 0.3) is 65.3 Å². The van der Waals surface area contributed by atoms with E-state index in [-0.39, 0.29) is 43.5 Å². The molecule has 0 spiro atoms. The zero-order chi connectivity index (χ0) is 33.6. The molecule has 1 N–H and O–H groups in total. The van der Waals surface area contributed by atoms with E-state index in [0.717, 1.165) is 52.7 Å². The summed E-state index contributed by atoms with van der Waals surface area (Å²) in [6, 6.07) is 38.2. The molecule has 0 atom stereocenters. The second kappa shape index (κ2) is 16.5. The molecule has 251 valence electrons. The van der Waals surface area contributed by atoms with Gasteiger partial charge in [0.05, 0.1) is 11.3 Å². The quantitative estimate of drug-likeness (QED) is 0.0986. The minimum absolute atomic E-state index is 0. The molecule has 4 aromatic carbocycles. The molecule has 6 heteroatoms. The minimum Gasteiger partial charge on any atom is -0.512 e. The summed E-state index contributed by atoms with van der Waals surface area (Å²) in [6.07, 6.45) is 6.56. The fourth-order valence-corrected chi connectivity index (χ4v) is 7.47. The van der Waals surface area contributed by atoms with Crippen LogP contribution in [0.1, 0.15) is 53.4 Å². The van der Waals surface area contributed by atoms with E-state index in [2.05, 4.69) is 107 Å². The fraction of sp³-hybridized carbons (Fsp3) is 0.233. The van der Waals surface area contributed by atoms with Crippen LogP contribution in [0.4, 0.5) is 0 Å². The number of allylic oxidation sites excluding steroid dienone is 2. The Labute approximate surface area is 307 Å². The largest absolute Gasteiger partial charge is 0.512 e. The van der Waals surface area contributed by atoms with Gasteiger partial charge in [-0.3, -0.25) is 9.78 Å². The zero-order valence-electron chi connectivity index (χ0n) is 28.4. The zero-order valence-corrected chi connectivity index (χ0v) is 31.6. The molecule has 1 aliphatic rings. The van der Waals surface area contributed by atoms with Gasteiger partial charge in [-0.15, -0.1) is 46.7 Å². The number of thiophene rings is 1. The first-order valence-electron chi connectivity index (χ1n) is 16.9. The van der Waals surface area contributed by atoms with Gasteiger partial charge < -0.3 is 5.11 Å². The number of fused-ring (bicyclic) bond motifs is 14. The van der Waals surface area contributed by atoms with E-state index in [9.17, 15) is 9.90 Å². The third-order valence-corrected chi connectivity index (χ3v) is 10.5. The first-order valence-corrected chi connectivity index (χ1v) is 17.8. The van der Waals surface area contributed by atoms with Crippen LogP contribution in [-0.2, 0) is 24.9 Å². The Morgan fingerprint density at radius 3 is 1.78 bits per heavy atom. The summed E-state index contributed by atoms with van der Waals surface area (Å²) >= 11 is 1.74. The first-order chi connectivity index (χ1) is 23.4. The standard InChI is InChI=1S/C30H17N2S.C13H24O2.Ir/c1-5-19-13-21(7-1)23-9-3-11-25(15-23)28-17-27-30(33-28)29(32-18-31-27)26-12-4-10-24(16-26)22-8-2-6-20(19)14-22;1-5-10(6-2)12(14)9-13(15)11(7-3)8-4;/h1-11,13-18H;9-11,14H,5-8H2,1-4H3;/q-1;;/b;12-9-;. The maximum atomic E-state index is 11.7. The van der Waals surface area contributed by atoms with E-state index in [0.29, 0.717) is 0 Å². The summed E-state index contributed by atoms with van der Waals surface area (Å²) in [7, 11) is 0. The predicted octanol–water partition coefficient (Wildman–Crippen LogP) is 12.0. The molecule has 0 fully saturated rings. The van der Waals surface area contributed by atoms with Gasteiger partial charge in [0.2, 0.25) is 0 Å². The molecule has 0 amide bonds.